The quantitative estimate of drug-likeness (QED) is 0.429. The average molecular weight is 558 g/mol. The van der Waals surface area contributed by atoms with Crippen LogP contribution in [0.2, 0.25) is 0 Å². The van der Waals surface area contributed by atoms with Crippen LogP contribution < -0.4 is 0 Å². The fourth-order valence-electron chi connectivity index (χ4n) is 7.92. The van der Waals surface area contributed by atoms with E-state index in [1.165, 1.54) is 0 Å². The van der Waals surface area contributed by atoms with E-state index < -0.39 is 73.7 Å². The lowest BCUT2D eigenvalue weighted by Crippen LogP contribution is -2.74. The second kappa shape index (κ2) is 6.70. The van der Waals surface area contributed by atoms with Crippen molar-refractivity contribution in [1.82, 2.24) is 0 Å². The number of carbonyl (C=O) groups excluding carboxylic acids is 1. The molecule has 30 heavy (non-hydrogen) atoms. The number of hydrogen-bond donors (Lipinski definition) is 3. The number of aliphatic hydroxyl groups excluding tert-OH is 1. The zero-order valence-corrected chi connectivity index (χ0v) is 20.3. The van der Waals surface area contributed by atoms with Crippen molar-refractivity contribution in [3.63, 3.8) is 0 Å². The van der Waals surface area contributed by atoms with Gasteiger partial charge in [-0.3, -0.25) is 4.79 Å². The summed E-state index contributed by atoms with van der Waals surface area (Å²) in [6.45, 7) is 4.82. The highest BCUT2D eigenvalue weighted by Crippen LogP contribution is 2.72. The van der Waals surface area contributed by atoms with Gasteiger partial charge in [0.25, 0.3) is 0 Å². The monoisotopic (exact) mass is 556 g/mol. The molecule has 9 heteroatoms. The second-order valence-corrected chi connectivity index (χ2v) is 12.6. The summed E-state index contributed by atoms with van der Waals surface area (Å²) in [6.07, 6.45) is -3.22. The van der Waals surface area contributed by atoms with Crippen molar-refractivity contribution in [2.24, 2.45) is 34.5 Å². The fraction of sp³-hybridized carbons (Fsp3) is 0.905. The standard InChI is InChI=1S/C21H28Br2F2O5/c1-8-4-9-10-5-12(24)14-15(23)16(27)11(22)6-19(14,3)20(10,25)13(26)7-18(9,2)21(8,30)17(28)29/h8-15,26,30H,4-7H2,1-3H3,(H,28,29)/t8-,9?,10?,11?,12+,13+,14?,15?,18+,19+,20+,21+/m1/s1. The molecule has 0 bridgehead atoms. The number of halogens is 4. The molecule has 5 unspecified atom stereocenters. The number of fused-ring (bicyclic) bond motifs is 5. The van der Waals surface area contributed by atoms with Gasteiger partial charge in [-0.1, -0.05) is 52.6 Å². The van der Waals surface area contributed by atoms with Crippen molar-refractivity contribution in [3.8, 4) is 0 Å². The predicted molar refractivity (Wildman–Crippen MR) is 112 cm³/mol. The van der Waals surface area contributed by atoms with Crippen LogP contribution in [0.4, 0.5) is 8.78 Å². The molecule has 0 spiro atoms. The maximum absolute atomic E-state index is 17.2. The van der Waals surface area contributed by atoms with Crippen LogP contribution in [0.15, 0.2) is 0 Å². The van der Waals surface area contributed by atoms with Crippen LogP contribution in [0.1, 0.15) is 46.5 Å². The lowest BCUT2D eigenvalue weighted by Gasteiger charge is -2.66. The van der Waals surface area contributed by atoms with E-state index in [1.54, 1.807) is 20.8 Å². The molecule has 4 rings (SSSR count). The maximum Gasteiger partial charge on any atom is 0.336 e. The molecule has 4 fully saturated rings. The minimum Gasteiger partial charge on any atom is -0.479 e. The Bertz CT molecular complexity index is 799. The summed E-state index contributed by atoms with van der Waals surface area (Å²) in [6, 6.07) is 0. The third-order valence-corrected chi connectivity index (χ3v) is 11.2. The lowest BCUT2D eigenvalue weighted by atomic mass is 9.41. The van der Waals surface area contributed by atoms with Crippen molar-refractivity contribution in [3.05, 3.63) is 0 Å². The van der Waals surface area contributed by atoms with Crippen LogP contribution in [-0.2, 0) is 9.59 Å². The van der Waals surface area contributed by atoms with Crippen molar-refractivity contribution in [1.29, 1.82) is 0 Å². The molecule has 12 atom stereocenters. The smallest absolute Gasteiger partial charge is 0.336 e. The van der Waals surface area contributed by atoms with E-state index in [2.05, 4.69) is 31.9 Å². The summed E-state index contributed by atoms with van der Waals surface area (Å²) in [4.78, 5) is 23.0. The molecule has 0 heterocycles. The van der Waals surface area contributed by atoms with Gasteiger partial charge in [-0.05, 0) is 37.5 Å². The summed E-state index contributed by atoms with van der Waals surface area (Å²) < 4.78 is 32.8. The van der Waals surface area contributed by atoms with Gasteiger partial charge in [-0.25, -0.2) is 13.6 Å². The summed E-state index contributed by atoms with van der Waals surface area (Å²) in [5.41, 5.74) is -6.94. The van der Waals surface area contributed by atoms with E-state index in [-0.39, 0.29) is 31.5 Å². The van der Waals surface area contributed by atoms with Crippen molar-refractivity contribution < 1.29 is 33.7 Å². The molecule has 4 saturated carbocycles. The van der Waals surface area contributed by atoms with Crippen LogP contribution in [0, 0.1) is 34.5 Å². The zero-order chi connectivity index (χ0) is 22.6. The summed E-state index contributed by atoms with van der Waals surface area (Å²) in [5, 5.41) is 32.2. The van der Waals surface area contributed by atoms with Crippen molar-refractivity contribution in [2.75, 3.05) is 0 Å². The van der Waals surface area contributed by atoms with Gasteiger partial charge in [-0.15, -0.1) is 0 Å². The Kier molecular flexibility index (Phi) is 5.15. The number of aliphatic carboxylic acids is 1. The van der Waals surface area contributed by atoms with Gasteiger partial charge in [0.1, 0.15) is 11.8 Å². The molecular weight excluding hydrogens is 530 g/mol. The average Bonchev–Trinajstić information content (AvgIpc) is 2.84. The van der Waals surface area contributed by atoms with Gasteiger partial charge in [-0.2, -0.15) is 0 Å². The van der Waals surface area contributed by atoms with E-state index in [0.29, 0.717) is 0 Å². The number of carboxylic acid groups (broad SMARTS) is 1. The number of alkyl halides is 4. The molecule has 0 aliphatic heterocycles. The van der Waals surface area contributed by atoms with Crippen molar-refractivity contribution >= 4 is 43.6 Å². The Morgan fingerprint density at radius 2 is 1.73 bits per heavy atom. The van der Waals surface area contributed by atoms with Crippen LogP contribution in [0.25, 0.3) is 0 Å². The van der Waals surface area contributed by atoms with Crippen LogP contribution in [0.5, 0.6) is 0 Å². The van der Waals surface area contributed by atoms with E-state index in [0.717, 1.165) is 0 Å². The van der Waals surface area contributed by atoms with Crippen molar-refractivity contribution in [2.45, 2.75) is 79.7 Å². The first-order chi connectivity index (χ1) is 13.7. The highest BCUT2D eigenvalue weighted by Gasteiger charge is 2.79. The second-order valence-electron chi connectivity index (χ2n) is 10.5. The molecule has 0 aromatic carbocycles. The minimum atomic E-state index is -2.20. The summed E-state index contributed by atoms with van der Waals surface area (Å²) in [7, 11) is 0. The van der Waals surface area contributed by atoms with Gasteiger partial charge in [0.15, 0.2) is 11.4 Å². The van der Waals surface area contributed by atoms with Gasteiger partial charge in [0.2, 0.25) is 0 Å². The first-order valence-corrected chi connectivity index (χ1v) is 12.3. The highest BCUT2D eigenvalue weighted by molar-refractivity contribution is 9.10. The third-order valence-electron chi connectivity index (χ3n) is 9.44. The number of hydrogen-bond acceptors (Lipinski definition) is 4. The van der Waals surface area contributed by atoms with E-state index in [9.17, 15) is 24.9 Å². The lowest BCUT2D eigenvalue weighted by molar-refractivity contribution is -0.265. The predicted octanol–water partition coefficient (Wildman–Crippen LogP) is 3.42. The molecule has 4 aliphatic rings. The maximum atomic E-state index is 17.2. The molecule has 0 aromatic heterocycles. The molecule has 4 aliphatic carbocycles. The van der Waals surface area contributed by atoms with Gasteiger partial charge >= 0.3 is 5.97 Å². The molecule has 0 saturated heterocycles. The van der Waals surface area contributed by atoms with E-state index in [1.807, 2.05) is 0 Å². The number of carbonyl (C=O) groups is 2. The number of rotatable bonds is 1. The molecule has 170 valence electrons. The first kappa shape index (κ1) is 23.1. The van der Waals surface area contributed by atoms with Crippen LogP contribution in [0.3, 0.4) is 0 Å². The molecule has 3 N–H and O–H groups in total. The number of ketones is 1. The van der Waals surface area contributed by atoms with Gasteiger partial charge < -0.3 is 15.3 Å². The Hall–Kier alpha value is -0.120. The van der Waals surface area contributed by atoms with Gasteiger partial charge in [0.05, 0.1) is 15.8 Å². The Morgan fingerprint density at radius 1 is 1.13 bits per heavy atom. The Balaban J connectivity index is 1.86. The fourth-order valence-corrected chi connectivity index (χ4v) is 10.5. The van der Waals surface area contributed by atoms with Crippen LogP contribution >= 0.6 is 31.9 Å². The summed E-state index contributed by atoms with van der Waals surface area (Å²) >= 11 is 6.62. The topological polar surface area (TPSA) is 94.8 Å². The molecule has 0 radical (unpaired) electrons. The first-order valence-electron chi connectivity index (χ1n) is 10.5. The third kappa shape index (κ3) is 2.39. The summed E-state index contributed by atoms with van der Waals surface area (Å²) in [5.74, 6) is -4.77. The Morgan fingerprint density at radius 3 is 2.30 bits per heavy atom. The van der Waals surface area contributed by atoms with E-state index in [4.69, 9.17) is 0 Å². The number of carboxylic acids is 1. The largest absolute Gasteiger partial charge is 0.479 e. The van der Waals surface area contributed by atoms with Gasteiger partial charge in [0, 0.05) is 22.7 Å². The molecule has 5 nitrogen and oxygen atoms in total. The number of Topliss-reactive ketones (excluding diaryl/α,β-unsaturated/α-hetero) is 1. The number of aliphatic hydroxyl groups is 2. The zero-order valence-electron chi connectivity index (χ0n) is 17.1. The van der Waals surface area contributed by atoms with E-state index >= 15 is 8.78 Å². The molecule has 0 aromatic rings. The Labute approximate surface area is 191 Å². The van der Waals surface area contributed by atoms with Crippen LogP contribution in [-0.4, -0.2) is 60.3 Å². The molecule has 0 amide bonds. The molecular formula is C21H28Br2F2O5. The SMILES string of the molecule is C[C@@H]1CC2C3C[C@H](F)C4C(Br)C(=O)C(Br)C[C@]4(C)[C@@]3(F)[C@@H](O)C[C@]2(C)[C@@]1(O)C(=O)O. The highest BCUT2D eigenvalue weighted by atomic mass is 79.9. The normalized spacial score (nSPS) is 60.5. The minimum absolute atomic E-state index is 0.0469.